The van der Waals surface area contributed by atoms with Crippen LogP contribution in [0.2, 0.25) is 0 Å². The summed E-state index contributed by atoms with van der Waals surface area (Å²) in [5.74, 6) is 0.733. The van der Waals surface area contributed by atoms with Crippen LogP contribution in [0.4, 0.5) is 0 Å². The molecule has 4 N–H and O–H groups in total. The SMILES string of the molecule is CC(C)c1cc(O)c2cc(CN)[nH]c2c1. The lowest BCUT2D eigenvalue weighted by Crippen LogP contribution is -1.95. The first-order valence-corrected chi connectivity index (χ1v) is 5.16. The molecule has 0 atom stereocenters. The average Bonchev–Trinajstić information content (AvgIpc) is 2.61. The van der Waals surface area contributed by atoms with Gasteiger partial charge in [-0.1, -0.05) is 13.8 Å². The number of aromatic hydroxyl groups is 1. The van der Waals surface area contributed by atoms with Crippen LogP contribution in [0.5, 0.6) is 5.75 Å². The van der Waals surface area contributed by atoms with E-state index in [4.69, 9.17) is 5.73 Å². The number of phenolic OH excluding ortho intramolecular Hbond substituents is 1. The lowest BCUT2D eigenvalue weighted by Gasteiger charge is -2.06. The minimum atomic E-state index is 0.326. The van der Waals surface area contributed by atoms with E-state index in [0.717, 1.165) is 22.2 Å². The molecule has 80 valence electrons. The van der Waals surface area contributed by atoms with Crippen molar-refractivity contribution in [2.24, 2.45) is 5.73 Å². The predicted molar refractivity (Wildman–Crippen MR) is 61.9 cm³/mol. The van der Waals surface area contributed by atoms with Crippen LogP contribution in [0, 0.1) is 0 Å². The number of nitrogens with two attached hydrogens (primary N) is 1. The lowest BCUT2D eigenvalue weighted by molar-refractivity contribution is 0.480. The number of fused-ring (bicyclic) bond motifs is 1. The monoisotopic (exact) mass is 204 g/mol. The van der Waals surface area contributed by atoms with Crippen LogP contribution in [-0.2, 0) is 6.54 Å². The minimum absolute atomic E-state index is 0.326. The molecule has 0 saturated heterocycles. The van der Waals surface area contributed by atoms with Crippen LogP contribution in [0.25, 0.3) is 10.9 Å². The van der Waals surface area contributed by atoms with Crippen molar-refractivity contribution >= 4 is 10.9 Å². The molecule has 0 amide bonds. The second-order valence-corrected chi connectivity index (χ2v) is 4.15. The highest BCUT2D eigenvalue weighted by Gasteiger charge is 2.08. The third-order valence-electron chi connectivity index (χ3n) is 2.68. The molecule has 0 radical (unpaired) electrons. The van der Waals surface area contributed by atoms with Crippen LogP contribution < -0.4 is 5.73 Å². The summed E-state index contributed by atoms with van der Waals surface area (Å²) in [5, 5.41) is 10.7. The first-order valence-electron chi connectivity index (χ1n) is 5.16. The summed E-state index contributed by atoms with van der Waals surface area (Å²) in [6, 6.07) is 5.79. The third kappa shape index (κ3) is 1.70. The van der Waals surface area contributed by atoms with Crippen molar-refractivity contribution in [3.8, 4) is 5.75 Å². The standard InChI is InChI=1S/C12H16N2O/c1-7(2)8-3-11-10(12(15)4-8)5-9(6-13)14-11/h3-5,7,14-15H,6,13H2,1-2H3. The largest absolute Gasteiger partial charge is 0.507 e. The zero-order valence-electron chi connectivity index (χ0n) is 9.04. The highest BCUT2D eigenvalue weighted by molar-refractivity contribution is 5.87. The van der Waals surface area contributed by atoms with E-state index >= 15 is 0 Å². The van der Waals surface area contributed by atoms with Crippen LogP contribution in [0.3, 0.4) is 0 Å². The molecule has 0 aliphatic heterocycles. The van der Waals surface area contributed by atoms with E-state index in [1.165, 1.54) is 0 Å². The van der Waals surface area contributed by atoms with Gasteiger partial charge < -0.3 is 15.8 Å². The molecule has 15 heavy (non-hydrogen) atoms. The van der Waals surface area contributed by atoms with Gasteiger partial charge in [0.05, 0.1) is 0 Å². The van der Waals surface area contributed by atoms with E-state index in [2.05, 4.69) is 24.9 Å². The Labute approximate surface area is 88.9 Å². The van der Waals surface area contributed by atoms with Crippen molar-refractivity contribution in [2.75, 3.05) is 0 Å². The van der Waals surface area contributed by atoms with E-state index < -0.39 is 0 Å². The number of aromatic amines is 1. The maximum Gasteiger partial charge on any atom is 0.125 e. The fourth-order valence-corrected chi connectivity index (χ4v) is 1.74. The number of hydrogen-bond acceptors (Lipinski definition) is 2. The molecule has 0 spiro atoms. The Hall–Kier alpha value is -1.48. The molecular formula is C12H16N2O. The Kier molecular flexibility index (Phi) is 2.40. The van der Waals surface area contributed by atoms with Crippen molar-refractivity contribution < 1.29 is 5.11 Å². The molecule has 0 aliphatic carbocycles. The van der Waals surface area contributed by atoms with Crippen LogP contribution in [0.15, 0.2) is 18.2 Å². The summed E-state index contributed by atoms with van der Waals surface area (Å²) in [4.78, 5) is 3.20. The molecule has 1 heterocycles. The zero-order valence-corrected chi connectivity index (χ0v) is 9.04. The van der Waals surface area contributed by atoms with Crippen LogP contribution in [0.1, 0.15) is 31.0 Å². The van der Waals surface area contributed by atoms with Crippen molar-refractivity contribution in [1.29, 1.82) is 0 Å². The Morgan fingerprint density at radius 2 is 2.07 bits per heavy atom. The highest BCUT2D eigenvalue weighted by atomic mass is 16.3. The molecule has 2 rings (SSSR count). The molecule has 1 aromatic carbocycles. The van der Waals surface area contributed by atoms with Crippen LogP contribution in [-0.4, -0.2) is 10.1 Å². The molecule has 1 aromatic heterocycles. The second-order valence-electron chi connectivity index (χ2n) is 4.15. The summed E-state index contributed by atoms with van der Waals surface area (Å²) in [6.07, 6.45) is 0. The first kappa shape index (κ1) is 10.1. The van der Waals surface area contributed by atoms with Gasteiger partial charge in [-0.2, -0.15) is 0 Å². The lowest BCUT2D eigenvalue weighted by atomic mass is 10.0. The van der Waals surface area contributed by atoms with Gasteiger partial charge in [0.1, 0.15) is 5.75 Å². The Bertz CT molecular complexity index is 486. The molecule has 0 aliphatic rings. The maximum absolute atomic E-state index is 9.85. The summed E-state index contributed by atoms with van der Waals surface area (Å²) in [5.41, 5.74) is 8.58. The second kappa shape index (κ2) is 3.59. The topological polar surface area (TPSA) is 62.0 Å². The molecule has 0 fully saturated rings. The van der Waals surface area contributed by atoms with Gasteiger partial charge in [-0.15, -0.1) is 0 Å². The first-order chi connectivity index (χ1) is 7.11. The number of phenols is 1. The van der Waals surface area contributed by atoms with E-state index in [0.29, 0.717) is 18.2 Å². The fourth-order valence-electron chi connectivity index (χ4n) is 1.74. The van der Waals surface area contributed by atoms with E-state index in [1.807, 2.05) is 12.1 Å². The molecule has 2 aromatic rings. The van der Waals surface area contributed by atoms with Gasteiger partial charge in [0, 0.05) is 23.1 Å². The van der Waals surface area contributed by atoms with Crippen LogP contribution >= 0.6 is 0 Å². The smallest absolute Gasteiger partial charge is 0.125 e. The average molecular weight is 204 g/mol. The molecular weight excluding hydrogens is 188 g/mol. The van der Waals surface area contributed by atoms with Crippen molar-refractivity contribution in [3.63, 3.8) is 0 Å². The van der Waals surface area contributed by atoms with Gasteiger partial charge in [-0.05, 0) is 29.7 Å². The van der Waals surface area contributed by atoms with Crippen molar-refractivity contribution in [2.45, 2.75) is 26.3 Å². The van der Waals surface area contributed by atoms with Gasteiger partial charge in [0.25, 0.3) is 0 Å². The number of nitrogens with one attached hydrogen (secondary N) is 1. The number of H-pyrrole nitrogens is 1. The Balaban J connectivity index is 2.65. The summed E-state index contributed by atoms with van der Waals surface area (Å²) >= 11 is 0. The summed E-state index contributed by atoms with van der Waals surface area (Å²) in [6.45, 7) is 4.67. The number of rotatable bonds is 2. The highest BCUT2D eigenvalue weighted by Crippen LogP contribution is 2.30. The van der Waals surface area contributed by atoms with Gasteiger partial charge in [-0.25, -0.2) is 0 Å². The van der Waals surface area contributed by atoms with Gasteiger partial charge in [0.15, 0.2) is 0 Å². The molecule has 3 nitrogen and oxygen atoms in total. The molecule has 3 heteroatoms. The number of hydrogen-bond donors (Lipinski definition) is 3. The van der Waals surface area contributed by atoms with E-state index in [9.17, 15) is 5.11 Å². The van der Waals surface area contributed by atoms with Gasteiger partial charge in [0.2, 0.25) is 0 Å². The van der Waals surface area contributed by atoms with Crippen molar-refractivity contribution in [1.82, 2.24) is 4.98 Å². The Morgan fingerprint density at radius 1 is 1.33 bits per heavy atom. The number of benzene rings is 1. The normalized spacial score (nSPS) is 11.5. The van der Waals surface area contributed by atoms with Gasteiger partial charge in [-0.3, -0.25) is 0 Å². The molecule has 0 bridgehead atoms. The van der Waals surface area contributed by atoms with E-state index in [-0.39, 0.29) is 0 Å². The predicted octanol–water partition coefficient (Wildman–Crippen LogP) is 2.46. The third-order valence-corrected chi connectivity index (χ3v) is 2.68. The van der Waals surface area contributed by atoms with Gasteiger partial charge >= 0.3 is 0 Å². The zero-order chi connectivity index (χ0) is 11.0. The summed E-state index contributed by atoms with van der Waals surface area (Å²) in [7, 11) is 0. The van der Waals surface area contributed by atoms with E-state index in [1.54, 1.807) is 0 Å². The molecule has 0 unspecified atom stereocenters. The summed E-state index contributed by atoms with van der Waals surface area (Å²) < 4.78 is 0. The number of aromatic nitrogens is 1. The van der Waals surface area contributed by atoms with Crippen molar-refractivity contribution in [3.05, 3.63) is 29.5 Å². The Morgan fingerprint density at radius 3 is 2.67 bits per heavy atom. The molecule has 0 saturated carbocycles. The fraction of sp³-hybridized carbons (Fsp3) is 0.333. The quantitative estimate of drug-likeness (QED) is 0.703. The maximum atomic E-state index is 9.85. The minimum Gasteiger partial charge on any atom is -0.507 e.